The Kier molecular flexibility index (Phi) is 4.69. The van der Waals surface area contributed by atoms with Gasteiger partial charge in [0.05, 0.1) is 5.92 Å². The first-order valence-corrected chi connectivity index (χ1v) is 7.44. The average molecular weight is 297 g/mol. The molecule has 0 saturated carbocycles. The SMILES string of the molecule is CC(=O)NC1CCN(C(=O)N2CCC(C(=O)O)CC2C)C1. The summed E-state index contributed by atoms with van der Waals surface area (Å²) in [5.74, 6) is -1.21. The maximum absolute atomic E-state index is 12.5. The summed E-state index contributed by atoms with van der Waals surface area (Å²) in [7, 11) is 0. The van der Waals surface area contributed by atoms with Crippen molar-refractivity contribution in [3.8, 4) is 0 Å². The Morgan fingerprint density at radius 1 is 1.19 bits per heavy atom. The summed E-state index contributed by atoms with van der Waals surface area (Å²) in [6.07, 6.45) is 1.78. The molecule has 118 valence electrons. The highest BCUT2D eigenvalue weighted by Crippen LogP contribution is 2.25. The highest BCUT2D eigenvalue weighted by atomic mass is 16.4. The molecule has 2 saturated heterocycles. The molecule has 2 aliphatic heterocycles. The first-order chi connectivity index (χ1) is 9.88. The Morgan fingerprint density at radius 3 is 2.48 bits per heavy atom. The van der Waals surface area contributed by atoms with Gasteiger partial charge in [-0.1, -0.05) is 0 Å². The van der Waals surface area contributed by atoms with Gasteiger partial charge in [-0.2, -0.15) is 0 Å². The molecular weight excluding hydrogens is 274 g/mol. The summed E-state index contributed by atoms with van der Waals surface area (Å²) < 4.78 is 0. The smallest absolute Gasteiger partial charge is 0.320 e. The van der Waals surface area contributed by atoms with E-state index >= 15 is 0 Å². The molecule has 2 heterocycles. The predicted octanol–water partition coefficient (Wildman–Crippen LogP) is 0.502. The van der Waals surface area contributed by atoms with Crippen LogP contribution in [0.1, 0.15) is 33.1 Å². The lowest BCUT2D eigenvalue weighted by Crippen LogP contribution is -2.51. The van der Waals surface area contributed by atoms with Gasteiger partial charge in [-0.15, -0.1) is 0 Å². The molecule has 3 atom stereocenters. The van der Waals surface area contributed by atoms with Crippen molar-refractivity contribution in [2.45, 2.75) is 45.2 Å². The Labute approximate surface area is 124 Å². The molecule has 0 aliphatic carbocycles. The molecule has 7 heteroatoms. The standard InChI is InChI=1S/C14H23N3O4/c1-9-7-11(13(19)20)3-6-17(9)14(21)16-5-4-12(8-16)15-10(2)18/h9,11-12H,3-8H2,1-2H3,(H,15,18)(H,19,20). The number of hydrogen-bond acceptors (Lipinski definition) is 3. The van der Waals surface area contributed by atoms with Gasteiger partial charge in [-0.3, -0.25) is 9.59 Å². The minimum absolute atomic E-state index is 0.0262. The fraction of sp³-hybridized carbons (Fsp3) is 0.786. The number of nitrogens with one attached hydrogen (secondary N) is 1. The zero-order chi connectivity index (χ0) is 15.6. The van der Waals surface area contributed by atoms with Crippen LogP contribution >= 0.6 is 0 Å². The number of carboxylic acid groups (broad SMARTS) is 1. The van der Waals surface area contributed by atoms with E-state index in [0.717, 1.165) is 6.42 Å². The number of carboxylic acids is 1. The fourth-order valence-electron chi connectivity index (χ4n) is 3.20. The quantitative estimate of drug-likeness (QED) is 0.776. The van der Waals surface area contributed by atoms with E-state index in [0.29, 0.717) is 32.5 Å². The van der Waals surface area contributed by atoms with Crippen LogP contribution in [0.2, 0.25) is 0 Å². The number of nitrogens with zero attached hydrogens (tertiary/aromatic N) is 2. The Balaban J connectivity index is 1.89. The highest BCUT2D eigenvalue weighted by molar-refractivity contribution is 5.77. The fourth-order valence-corrected chi connectivity index (χ4v) is 3.20. The van der Waals surface area contributed by atoms with Crippen molar-refractivity contribution in [2.24, 2.45) is 5.92 Å². The topological polar surface area (TPSA) is 90.0 Å². The van der Waals surface area contributed by atoms with Gasteiger partial charge in [-0.05, 0) is 26.2 Å². The number of carbonyl (C=O) groups is 3. The van der Waals surface area contributed by atoms with E-state index in [1.807, 2.05) is 6.92 Å². The molecule has 0 bridgehead atoms. The molecule has 3 amide bonds. The van der Waals surface area contributed by atoms with E-state index in [4.69, 9.17) is 5.11 Å². The monoisotopic (exact) mass is 297 g/mol. The maximum atomic E-state index is 12.5. The highest BCUT2D eigenvalue weighted by Gasteiger charge is 2.36. The van der Waals surface area contributed by atoms with Gasteiger partial charge in [0.1, 0.15) is 0 Å². The van der Waals surface area contributed by atoms with Gasteiger partial charge >= 0.3 is 12.0 Å². The van der Waals surface area contributed by atoms with Crippen LogP contribution < -0.4 is 5.32 Å². The van der Waals surface area contributed by atoms with Crippen molar-refractivity contribution < 1.29 is 19.5 Å². The molecule has 2 fully saturated rings. The summed E-state index contributed by atoms with van der Waals surface area (Å²) >= 11 is 0. The van der Waals surface area contributed by atoms with E-state index in [9.17, 15) is 14.4 Å². The Morgan fingerprint density at radius 2 is 1.90 bits per heavy atom. The zero-order valence-corrected chi connectivity index (χ0v) is 12.5. The summed E-state index contributed by atoms with van der Waals surface area (Å²) in [6.45, 7) is 5.02. The molecule has 3 unspecified atom stereocenters. The number of likely N-dealkylation sites (tertiary alicyclic amines) is 2. The molecule has 0 aromatic rings. The number of amides is 3. The molecule has 2 N–H and O–H groups in total. The third-order valence-corrected chi connectivity index (χ3v) is 4.34. The number of carbonyl (C=O) groups excluding carboxylic acids is 2. The van der Waals surface area contributed by atoms with Crippen LogP contribution in [0.3, 0.4) is 0 Å². The van der Waals surface area contributed by atoms with Gasteiger partial charge in [0.2, 0.25) is 5.91 Å². The third kappa shape index (κ3) is 3.65. The minimum atomic E-state index is -0.777. The van der Waals surface area contributed by atoms with Crippen LogP contribution in [0.4, 0.5) is 4.79 Å². The molecule has 0 radical (unpaired) electrons. The molecule has 2 aliphatic rings. The lowest BCUT2D eigenvalue weighted by atomic mass is 9.92. The summed E-state index contributed by atoms with van der Waals surface area (Å²) in [5, 5.41) is 11.9. The Bertz CT molecular complexity index is 440. The van der Waals surface area contributed by atoms with Gasteiger partial charge in [0.15, 0.2) is 0 Å². The second kappa shape index (κ2) is 6.32. The van der Waals surface area contributed by atoms with Gasteiger partial charge < -0.3 is 20.2 Å². The molecule has 0 aromatic carbocycles. The van der Waals surface area contributed by atoms with Crippen LogP contribution in [0, 0.1) is 5.92 Å². The van der Waals surface area contributed by atoms with Crippen LogP contribution in [0.25, 0.3) is 0 Å². The van der Waals surface area contributed by atoms with Crippen LogP contribution in [0.5, 0.6) is 0 Å². The number of piperidine rings is 1. The maximum Gasteiger partial charge on any atom is 0.320 e. The largest absolute Gasteiger partial charge is 0.481 e. The second-order valence-electron chi connectivity index (χ2n) is 6.02. The molecular formula is C14H23N3O4. The molecule has 21 heavy (non-hydrogen) atoms. The minimum Gasteiger partial charge on any atom is -0.481 e. The Hall–Kier alpha value is -1.79. The van der Waals surface area contributed by atoms with Crippen molar-refractivity contribution in [3.05, 3.63) is 0 Å². The predicted molar refractivity (Wildman–Crippen MR) is 75.7 cm³/mol. The normalized spacial score (nSPS) is 29.3. The first kappa shape index (κ1) is 15.6. The average Bonchev–Trinajstić information content (AvgIpc) is 2.85. The number of aliphatic carboxylic acids is 1. The van der Waals surface area contributed by atoms with Crippen LogP contribution in [0.15, 0.2) is 0 Å². The number of rotatable bonds is 2. The zero-order valence-electron chi connectivity index (χ0n) is 12.5. The van der Waals surface area contributed by atoms with E-state index in [-0.39, 0.29) is 29.9 Å². The lowest BCUT2D eigenvalue weighted by molar-refractivity contribution is -0.143. The molecule has 7 nitrogen and oxygen atoms in total. The van der Waals surface area contributed by atoms with E-state index in [1.165, 1.54) is 6.92 Å². The van der Waals surface area contributed by atoms with Crippen molar-refractivity contribution in [1.29, 1.82) is 0 Å². The number of urea groups is 1. The van der Waals surface area contributed by atoms with Gasteiger partial charge in [0, 0.05) is 38.6 Å². The van der Waals surface area contributed by atoms with Crippen molar-refractivity contribution in [2.75, 3.05) is 19.6 Å². The molecule has 0 aromatic heterocycles. The van der Waals surface area contributed by atoms with Gasteiger partial charge in [-0.25, -0.2) is 4.79 Å². The van der Waals surface area contributed by atoms with E-state index in [1.54, 1.807) is 9.80 Å². The van der Waals surface area contributed by atoms with Crippen molar-refractivity contribution >= 4 is 17.9 Å². The first-order valence-electron chi connectivity index (χ1n) is 7.44. The van der Waals surface area contributed by atoms with E-state index < -0.39 is 5.97 Å². The number of hydrogen-bond donors (Lipinski definition) is 2. The van der Waals surface area contributed by atoms with Crippen molar-refractivity contribution in [1.82, 2.24) is 15.1 Å². The summed E-state index contributed by atoms with van der Waals surface area (Å²) in [5.41, 5.74) is 0. The molecule has 0 spiro atoms. The van der Waals surface area contributed by atoms with E-state index in [2.05, 4.69) is 5.32 Å². The van der Waals surface area contributed by atoms with Crippen LogP contribution in [-0.2, 0) is 9.59 Å². The van der Waals surface area contributed by atoms with Crippen LogP contribution in [-0.4, -0.2) is 64.5 Å². The summed E-state index contributed by atoms with van der Waals surface area (Å²) in [4.78, 5) is 38.1. The lowest BCUT2D eigenvalue weighted by Gasteiger charge is -2.38. The van der Waals surface area contributed by atoms with Crippen molar-refractivity contribution in [3.63, 3.8) is 0 Å². The second-order valence-corrected chi connectivity index (χ2v) is 6.02. The third-order valence-electron chi connectivity index (χ3n) is 4.34. The molecule has 2 rings (SSSR count). The van der Waals surface area contributed by atoms with Gasteiger partial charge in [0.25, 0.3) is 0 Å². The summed E-state index contributed by atoms with van der Waals surface area (Å²) in [6, 6.07) is -0.0790.